The molecule has 0 aliphatic heterocycles. The summed E-state index contributed by atoms with van der Waals surface area (Å²) in [7, 11) is 0. The Morgan fingerprint density at radius 2 is 1.71 bits per heavy atom. The first-order valence-electron chi connectivity index (χ1n) is 14.7. The normalized spacial score (nSPS) is 13.9. The van der Waals surface area contributed by atoms with Crippen molar-refractivity contribution in [3.8, 4) is 11.1 Å². The molecular formula is C37H39ClN2S. The predicted octanol–water partition coefficient (Wildman–Crippen LogP) is 11.4. The van der Waals surface area contributed by atoms with E-state index in [9.17, 15) is 0 Å². The van der Waals surface area contributed by atoms with Gasteiger partial charge >= 0.3 is 0 Å². The lowest BCUT2D eigenvalue weighted by Crippen LogP contribution is -2.22. The van der Waals surface area contributed by atoms with Crippen LogP contribution in [-0.4, -0.2) is 12.3 Å². The minimum atomic E-state index is 0.530. The van der Waals surface area contributed by atoms with Crippen molar-refractivity contribution in [2.75, 3.05) is 5.32 Å². The molecule has 0 radical (unpaired) electrons. The molecule has 0 heterocycles. The molecule has 4 aromatic carbocycles. The van der Waals surface area contributed by atoms with Crippen molar-refractivity contribution in [1.29, 1.82) is 0 Å². The average Bonchev–Trinajstić information content (AvgIpc) is 3.01. The lowest BCUT2D eigenvalue weighted by atomic mass is 9.95. The third kappa shape index (κ3) is 7.93. The van der Waals surface area contributed by atoms with E-state index in [1.807, 2.05) is 37.0 Å². The molecule has 0 bridgehead atoms. The molecule has 210 valence electrons. The molecule has 0 aromatic heterocycles. The fraction of sp³-hybridized carbons (Fsp3) is 0.270. The Kier molecular flexibility index (Phi) is 10.0. The van der Waals surface area contributed by atoms with E-state index < -0.39 is 0 Å². The molecule has 0 amide bonds. The largest absolute Gasteiger partial charge is 0.381 e. The molecule has 2 nitrogen and oxygen atoms in total. The van der Waals surface area contributed by atoms with E-state index in [0.29, 0.717) is 6.04 Å². The Bertz CT molecular complexity index is 1500. The molecule has 0 spiro atoms. The van der Waals surface area contributed by atoms with Crippen LogP contribution in [0.1, 0.15) is 68.2 Å². The summed E-state index contributed by atoms with van der Waals surface area (Å²) < 4.78 is 0. The summed E-state index contributed by atoms with van der Waals surface area (Å²) in [6.45, 7) is 8.39. The van der Waals surface area contributed by atoms with Crippen molar-refractivity contribution in [3.05, 3.63) is 119 Å². The zero-order chi connectivity index (χ0) is 28.6. The zero-order valence-corrected chi connectivity index (χ0v) is 25.7. The van der Waals surface area contributed by atoms with Crippen molar-refractivity contribution >= 4 is 46.5 Å². The number of thioether (sulfide) groups is 1. The van der Waals surface area contributed by atoms with Crippen molar-refractivity contribution < 1.29 is 0 Å². The first kappa shape index (κ1) is 29.2. The van der Waals surface area contributed by atoms with E-state index in [2.05, 4.69) is 91.6 Å². The molecule has 0 saturated heterocycles. The quantitative estimate of drug-likeness (QED) is 0.149. The molecule has 0 unspecified atom stereocenters. The number of aliphatic imine (C=N–C) groups is 1. The van der Waals surface area contributed by atoms with Crippen molar-refractivity contribution in [2.24, 2.45) is 4.99 Å². The maximum Gasteiger partial charge on any atom is 0.0867 e. The first-order valence-corrected chi connectivity index (χ1v) is 16.1. The minimum Gasteiger partial charge on any atom is -0.381 e. The fourth-order valence-corrected chi connectivity index (χ4v) is 6.36. The first-order chi connectivity index (χ1) is 20.0. The highest BCUT2D eigenvalue weighted by Crippen LogP contribution is 2.33. The third-order valence-electron chi connectivity index (χ3n) is 7.82. The van der Waals surface area contributed by atoms with Gasteiger partial charge in [-0.15, -0.1) is 11.8 Å². The number of allylic oxidation sites excluding steroid dienone is 1. The van der Waals surface area contributed by atoms with Gasteiger partial charge in [-0.3, -0.25) is 4.99 Å². The van der Waals surface area contributed by atoms with Gasteiger partial charge in [-0.2, -0.15) is 0 Å². The van der Waals surface area contributed by atoms with E-state index in [-0.39, 0.29) is 0 Å². The van der Waals surface area contributed by atoms with Gasteiger partial charge in [0.05, 0.1) is 11.4 Å². The van der Waals surface area contributed by atoms with Crippen molar-refractivity contribution in [2.45, 2.75) is 69.1 Å². The summed E-state index contributed by atoms with van der Waals surface area (Å²) >= 11 is 8.01. The SMILES string of the molecule is C=C(C)c1ccc(NC2CCCCC2)c(N=Cc2ccc(SCc3cc(CC)ccc3-c3ccc(Cl)cc3)cc2)c1. The van der Waals surface area contributed by atoms with Crippen LogP contribution in [0.4, 0.5) is 11.4 Å². The van der Waals surface area contributed by atoms with Gasteiger partial charge in [-0.05, 0) is 96.0 Å². The number of aryl methyl sites for hydroxylation is 1. The Labute approximate surface area is 255 Å². The van der Waals surface area contributed by atoms with Crippen molar-refractivity contribution in [1.82, 2.24) is 0 Å². The van der Waals surface area contributed by atoms with Gasteiger partial charge in [0.15, 0.2) is 0 Å². The Balaban J connectivity index is 1.29. The number of hydrogen-bond donors (Lipinski definition) is 1. The van der Waals surface area contributed by atoms with Crippen LogP contribution in [0.3, 0.4) is 0 Å². The lowest BCUT2D eigenvalue weighted by Gasteiger charge is -2.24. The highest BCUT2D eigenvalue weighted by atomic mass is 35.5. The van der Waals surface area contributed by atoms with Crippen LogP contribution in [0.15, 0.2) is 101 Å². The van der Waals surface area contributed by atoms with Crippen LogP contribution in [0.5, 0.6) is 0 Å². The van der Waals surface area contributed by atoms with Gasteiger partial charge < -0.3 is 5.32 Å². The van der Waals surface area contributed by atoms with E-state index in [1.165, 1.54) is 59.3 Å². The average molecular weight is 579 g/mol. The molecule has 1 aliphatic carbocycles. The van der Waals surface area contributed by atoms with Gasteiger partial charge in [-0.1, -0.05) is 98.5 Å². The number of benzene rings is 4. The van der Waals surface area contributed by atoms with Crippen LogP contribution < -0.4 is 5.32 Å². The van der Waals surface area contributed by atoms with E-state index in [4.69, 9.17) is 16.6 Å². The number of nitrogens with one attached hydrogen (secondary N) is 1. The van der Waals surface area contributed by atoms with Crippen molar-refractivity contribution in [3.63, 3.8) is 0 Å². The molecule has 1 N–H and O–H groups in total. The lowest BCUT2D eigenvalue weighted by molar-refractivity contribution is 0.463. The maximum absolute atomic E-state index is 6.14. The van der Waals surface area contributed by atoms with E-state index in [1.54, 1.807) is 0 Å². The summed E-state index contributed by atoms with van der Waals surface area (Å²) in [6.07, 6.45) is 9.42. The second-order valence-electron chi connectivity index (χ2n) is 11.0. The molecule has 1 fully saturated rings. The summed E-state index contributed by atoms with van der Waals surface area (Å²) in [5.41, 5.74) is 10.5. The fourth-order valence-electron chi connectivity index (χ4n) is 5.35. The van der Waals surface area contributed by atoms with Crippen LogP contribution in [0.25, 0.3) is 16.7 Å². The highest BCUT2D eigenvalue weighted by Gasteiger charge is 2.15. The molecule has 1 aliphatic rings. The van der Waals surface area contributed by atoms with Crippen LogP contribution in [0, 0.1) is 0 Å². The number of nitrogens with zero attached hydrogens (tertiary/aromatic N) is 1. The molecule has 4 heteroatoms. The third-order valence-corrected chi connectivity index (χ3v) is 9.13. The smallest absolute Gasteiger partial charge is 0.0867 e. The van der Waals surface area contributed by atoms with E-state index in [0.717, 1.165) is 45.3 Å². The molecular weight excluding hydrogens is 540 g/mol. The minimum absolute atomic E-state index is 0.530. The monoisotopic (exact) mass is 578 g/mol. The molecule has 5 rings (SSSR count). The number of halogens is 1. The highest BCUT2D eigenvalue weighted by molar-refractivity contribution is 7.98. The van der Waals surface area contributed by atoms with Gasteiger partial charge in [-0.25, -0.2) is 0 Å². The summed E-state index contributed by atoms with van der Waals surface area (Å²) in [6, 6.07) is 30.7. The Morgan fingerprint density at radius 3 is 2.41 bits per heavy atom. The zero-order valence-electron chi connectivity index (χ0n) is 24.1. The van der Waals surface area contributed by atoms with Gasteiger partial charge in [0.25, 0.3) is 0 Å². The summed E-state index contributed by atoms with van der Waals surface area (Å²) in [5.74, 6) is 0.906. The molecule has 1 saturated carbocycles. The van der Waals surface area contributed by atoms with Gasteiger partial charge in [0.2, 0.25) is 0 Å². The van der Waals surface area contributed by atoms with Gasteiger partial charge in [0, 0.05) is 27.9 Å². The van der Waals surface area contributed by atoms with Crippen LogP contribution in [0.2, 0.25) is 5.02 Å². The topological polar surface area (TPSA) is 24.4 Å². The second kappa shape index (κ2) is 14.1. The van der Waals surface area contributed by atoms with Crippen LogP contribution in [-0.2, 0) is 12.2 Å². The molecule has 0 atom stereocenters. The Hall–Kier alpha value is -3.27. The van der Waals surface area contributed by atoms with E-state index >= 15 is 0 Å². The number of rotatable bonds is 10. The van der Waals surface area contributed by atoms with Crippen LogP contribution >= 0.6 is 23.4 Å². The summed E-state index contributed by atoms with van der Waals surface area (Å²) in [4.78, 5) is 6.18. The number of anilines is 1. The number of hydrogen-bond acceptors (Lipinski definition) is 3. The van der Waals surface area contributed by atoms with Gasteiger partial charge in [0.1, 0.15) is 0 Å². The molecule has 4 aromatic rings. The second-order valence-corrected chi connectivity index (χ2v) is 12.4. The maximum atomic E-state index is 6.14. The Morgan fingerprint density at radius 1 is 0.951 bits per heavy atom. The summed E-state index contributed by atoms with van der Waals surface area (Å²) in [5, 5.41) is 4.53. The predicted molar refractivity (Wildman–Crippen MR) is 181 cm³/mol. The standard InChI is InChI=1S/C37H39ClN2S/c1-4-27-12-20-35(29-13-16-32(38)17-14-29)31(22-27)25-41-34-18-10-28(11-19-34)24-39-37-23-30(26(2)3)15-21-36(37)40-33-8-6-5-7-9-33/h10-24,33,40H,2,4-9,25H2,1,3H3. The molecule has 41 heavy (non-hydrogen) atoms.